The predicted octanol–water partition coefficient (Wildman–Crippen LogP) is 4.80. The van der Waals surface area contributed by atoms with Crippen LogP contribution in [0.25, 0.3) is 21.8 Å². The molecule has 0 aliphatic carbocycles. The van der Waals surface area contributed by atoms with Gasteiger partial charge in [-0.3, -0.25) is 4.79 Å². The van der Waals surface area contributed by atoms with Crippen molar-refractivity contribution in [2.24, 2.45) is 0 Å². The molecule has 0 bridgehead atoms. The van der Waals surface area contributed by atoms with Crippen LogP contribution < -0.4 is 11.1 Å². The molecule has 6 nitrogen and oxygen atoms in total. The first-order chi connectivity index (χ1) is 15.6. The zero-order chi connectivity index (χ0) is 22.1. The Morgan fingerprint density at radius 2 is 1.75 bits per heavy atom. The molecule has 7 heteroatoms. The first-order valence-corrected chi connectivity index (χ1v) is 10.6. The number of nitrogens with one attached hydrogen (secondary N) is 1. The van der Waals surface area contributed by atoms with Gasteiger partial charge in [0.15, 0.2) is 0 Å². The third kappa shape index (κ3) is 3.88. The molecular formula is C25H20ClN5O. The van der Waals surface area contributed by atoms with Crippen LogP contribution in [0.3, 0.4) is 0 Å². The second kappa shape index (κ2) is 8.32. The van der Waals surface area contributed by atoms with Crippen LogP contribution >= 0.6 is 11.6 Å². The van der Waals surface area contributed by atoms with Crippen molar-refractivity contribution < 1.29 is 4.79 Å². The van der Waals surface area contributed by atoms with Crippen molar-refractivity contribution in [3.63, 3.8) is 0 Å². The lowest BCUT2D eigenvalue weighted by molar-refractivity contribution is 0.0942. The van der Waals surface area contributed by atoms with Crippen LogP contribution in [0.1, 0.15) is 21.6 Å². The fraction of sp³-hybridized carbons (Fsp3) is 0.0800. The minimum Gasteiger partial charge on any atom is -0.383 e. The minimum absolute atomic E-state index is 0.141. The number of fused-ring (bicyclic) bond motifs is 2. The number of hydrogen-bond donors (Lipinski definition) is 2. The van der Waals surface area contributed by atoms with Crippen LogP contribution in [0.5, 0.6) is 0 Å². The van der Waals surface area contributed by atoms with E-state index in [-0.39, 0.29) is 5.91 Å². The molecule has 3 aromatic carbocycles. The van der Waals surface area contributed by atoms with Crippen molar-refractivity contribution in [1.82, 2.24) is 19.9 Å². The molecule has 0 aliphatic rings. The summed E-state index contributed by atoms with van der Waals surface area (Å²) in [4.78, 5) is 21.4. The molecule has 158 valence electrons. The summed E-state index contributed by atoms with van der Waals surface area (Å²) in [6, 6.07) is 23.3. The number of rotatable bonds is 5. The normalized spacial score (nSPS) is 11.2. The van der Waals surface area contributed by atoms with Gasteiger partial charge in [-0.2, -0.15) is 0 Å². The van der Waals surface area contributed by atoms with Crippen LogP contribution in [-0.4, -0.2) is 20.4 Å². The van der Waals surface area contributed by atoms with E-state index in [1.807, 2.05) is 77.4 Å². The summed E-state index contributed by atoms with van der Waals surface area (Å²) in [6.45, 7) is 0.945. The zero-order valence-electron chi connectivity index (χ0n) is 17.1. The fourth-order valence-corrected chi connectivity index (χ4v) is 3.97. The highest BCUT2D eigenvalue weighted by Crippen LogP contribution is 2.23. The molecule has 5 aromatic rings. The molecule has 0 spiro atoms. The van der Waals surface area contributed by atoms with Crippen molar-refractivity contribution in [2.75, 3.05) is 5.73 Å². The Balaban J connectivity index is 1.42. The number of aromatic nitrogens is 3. The van der Waals surface area contributed by atoms with E-state index >= 15 is 0 Å². The van der Waals surface area contributed by atoms with E-state index in [9.17, 15) is 4.79 Å². The van der Waals surface area contributed by atoms with Gasteiger partial charge in [-0.1, -0.05) is 48.0 Å². The van der Waals surface area contributed by atoms with Crippen LogP contribution in [0.2, 0.25) is 5.02 Å². The smallest absolute Gasteiger partial charge is 0.268 e. The number of nitrogens with two attached hydrogens (primary N) is 1. The Bertz CT molecular complexity index is 1440. The molecule has 2 heterocycles. The van der Waals surface area contributed by atoms with E-state index < -0.39 is 0 Å². The highest BCUT2D eigenvalue weighted by molar-refractivity contribution is 6.30. The van der Waals surface area contributed by atoms with Gasteiger partial charge in [-0.05, 0) is 47.5 Å². The number of para-hydroxylation sites is 1. The minimum atomic E-state index is -0.141. The van der Waals surface area contributed by atoms with Gasteiger partial charge < -0.3 is 15.6 Å². The standard InChI is InChI=1S/C25H20ClN5O/c26-19-8-5-16(6-9-19)14-31-22-4-2-1-3-18(22)12-23(31)25(32)28-13-17-7-10-20-21(11-17)29-15-30-24(20)27/h1-12,15H,13-14H2,(H,28,32)(H2,27,29,30). The van der Waals surface area contributed by atoms with Crippen LogP contribution in [0, 0.1) is 0 Å². The highest BCUT2D eigenvalue weighted by Gasteiger charge is 2.16. The average Bonchev–Trinajstić information content (AvgIpc) is 3.17. The van der Waals surface area contributed by atoms with E-state index in [1.54, 1.807) is 0 Å². The van der Waals surface area contributed by atoms with Crippen molar-refractivity contribution in [1.29, 1.82) is 0 Å². The van der Waals surface area contributed by atoms with E-state index in [1.165, 1.54) is 6.33 Å². The third-order valence-corrected chi connectivity index (χ3v) is 5.73. The highest BCUT2D eigenvalue weighted by atomic mass is 35.5. The second-order valence-electron chi connectivity index (χ2n) is 7.59. The maximum absolute atomic E-state index is 13.2. The number of nitrogens with zero attached hydrogens (tertiary/aromatic N) is 3. The number of nitrogen functional groups attached to an aromatic ring is 1. The van der Waals surface area contributed by atoms with Crippen molar-refractivity contribution in [2.45, 2.75) is 13.1 Å². The molecule has 3 N–H and O–H groups in total. The van der Waals surface area contributed by atoms with Gasteiger partial charge in [0.05, 0.1) is 5.52 Å². The largest absolute Gasteiger partial charge is 0.383 e. The second-order valence-corrected chi connectivity index (χ2v) is 8.03. The van der Waals surface area contributed by atoms with Crippen molar-refractivity contribution in [3.05, 3.63) is 101 Å². The van der Waals surface area contributed by atoms with Gasteiger partial charge in [0, 0.05) is 34.4 Å². The van der Waals surface area contributed by atoms with Gasteiger partial charge in [0.25, 0.3) is 5.91 Å². The monoisotopic (exact) mass is 441 g/mol. The summed E-state index contributed by atoms with van der Waals surface area (Å²) >= 11 is 6.03. The number of carbonyl (C=O) groups excluding carboxylic acids is 1. The van der Waals surface area contributed by atoms with Gasteiger partial charge in [-0.15, -0.1) is 0 Å². The summed E-state index contributed by atoms with van der Waals surface area (Å²) in [5.74, 6) is 0.301. The van der Waals surface area contributed by atoms with Crippen molar-refractivity contribution >= 4 is 45.1 Å². The average molecular weight is 442 g/mol. The lowest BCUT2D eigenvalue weighted by atomic mass is 10.1. The van der Waals surface area contributed by atoms with E-state index in [4.69, 9.17) is 17.3 Å². The Morgan fingerprint density at radius 1 is 0.969 bits per heavy atom. The Kier molecular flexibility index (Phi) is 5.21. The SMILES string of the molecule is Nc1ncnc2cc(CNC(=O)c3cc4ccccc4n3Cc3ccc(Cl)cc3)ccc12. The first-order valence-electron chi connectivity index (χ1n) is 10.2. The third-order valence-electron chi connectivity index (χ3n) is 5.48. The number of hydrogen-bond acceptors (Lipinski definition) is 4. The lowest BCUT2D eigenvalue weighted by Gasteiger charge is -2.12. The topological polar surface area (TPSA) is 85.8 Å². The summed E-state index contributed by atoms with van der Waals surface area (Å²) in [6.07, 6.45) is 1.44. The summed E-state index contributed by atoms with van der Waals surface area (Å²) < 4.78 is 2.03. The zero-order valence-corrected chi connectivity index (χ0v) is 17.9. The maximum atomic E-state index is 13.2. The molecule has 32 heavy (non-hydrogen) atoms. The lowest BCUT2D eigenvalue weighted by Crippen LogP contribution is -2.25. The van der Waals surface area contributed by atoms with E-state index in [2.05, 4.69) is 15.3 Å². The quantitative estimate of drug-likeness (QED) is 0.410. The van der Waals surface area contributed by atoms with Gasteiger partial charge in [0.1, 0.15) is 17.8 Å². The first kappa shape index (κ1) is 20.0. The predicted molar refractivity (Wildman–Crippen MR) is 128 cm³/mol. The maximum Gasteiger partial charge on any atom is 0.268 e. The molecule has 0 fully saturated rings. The van der Waals surface area contributed by atoms with Gasteiger partial charge in [-0.25, -0.2) is 9.97 Å². The fourth-order valence-electron chi connectivity index (χ4n) is 3.85. The Hall–Kier alpha value is -3.90. The summed E-state index contributed by atoms with van der Waals surface area (Å²) in [5, 5.41) is 5.54. The molecular weight excluding hydrogens is 422 g/mol. The van der Waals surface area contributed by atoms with Gasteiger partial charge >= 0.3 is 0 Å². The summed E-state index contributed by atoms with van der Waals surface area (Å²) in [7, 11) is 0. The molecule has 1 amide bonds. The number of carbonyl (C=O) groups is 1. The molecule has 0 radical (unpaired) electrons. The number of anilines is 1. The van der Waals surface area contributed by atoms with E-state index in [0.717, 1.165) is 32.9 Å². The van der Waals surface area contributed by atoms with Crippen molar-refractivity contribution in [3.8, 4) is 0 Å². The number of benzene rings is 3. The molecule has 2 aromatic heterocycles. The molecule has 5 rings (SSSR count). The molecule has 0 atom stereocenters. The molecule has 0 saturated heterocycles. The summed E-state index contributed by atoms with van der Waals surface area (Å²) in [5.41, 5.74) is 10.3. The van der Waals surface area contributed by atoms with Crippen LogP contribution in [-0.2, 0) is 13.1 Å². The Morgan fingerprint density at radius 3 is 2.59 bits per heavy atom. The molecule has 0 unspecified atom stereocenters. The van der Waals surface area contributed by atoms with Gasteiger partial charge in [0.2, 0.25) is 0 Å². The van der Waals surface area contributed by atoms with Crippen LogP contribution in [0.4, 0.5) is 5.82 Å². The van der Waals surface area contributed by atoms with E-state index in [0.29, 0.717) is 29.6 Å². The van der Waals surface area contributed by atoms with Crippen LogP contribution in [0.15, 0.2) is 79.1 Å². The molecule has 0 aliphatic heterocycles. The molecule has 0 saturated carbocycles. The number of halogens is 1. The number of amides is 1. The Labute approximate surface area is 189 Å².